The number of nitrogens with zero attached hydrogens (tertiary/aromatic N) is 3. The molecule has 0 aliphatic rings. The molecule has 30 heavy (non-hydrogen) atoms. The molecule has 0 saturated heterocycles. The van der Waals surface area contributed by atoms with E-state index >= 15 is 0 Å². The van der Waals surface area contributed by atoms with Gasteiger partial charge in [-0.15, -0.1) is 0 Å². The molecule has 1 N–H and O–H groups in total. The van der Waals surface area contributed by atoms with Gasteiger partial charge >= 0.3 is 0 Å². The van der Waals surface area contributed by atoms with Crippen molar-refractivity contribution in [2.45, 2.75) is 20.4 Å². The Morgan fingerprint density at radius 3 is 2.63 bits per heavy atom. The first-order valence-corrected chi connectivity index (χ1v) is 9.78. The SMILES string of the molecule is Cc1cccc(NC(=O)CN(C)C(=O)/C=C/c2cnn(Cc3ccccc3)c2)c1C. The average molecular weight is 402 g/mol. The quantitative estimate of drug-likeness (QED) is 0.614. The molecule has 0 aliphatic heterocycles. The Balaban J connectivity index is 1.53. The number of carbonyl (C=O) groups is 2. The summed E-state index contributed by atoms with van der Waals surface area (Å²) in [5, 5.41) is 7.19. The van der Waals surface area contributed by atoms with Crippen LogP contribution >= 0.6 is 0 Å². The van der Waals surface area contributed by atoms with Crippen LogP contribution in [-0.4, -0.2) is 40.1 Å². The summed E-state index contributed by atoms with van der Waals surface area (Å²) < 4.78 is 1.82. The predicted octanol–water partition coefficient (Wildman–Crippen LogP) is 3.66. The van der Waals surface area contributed by atoms with Crippen LogP contribution in [0.2, 0.25) is 0 Å². The molecular weight excluding hydrogens is 376 g/mol. The lowest BCUT2D eigenvalue weighted by Crippen LogP contribution is -2.34. The van der Waals surface area contributed by atoms with Crippen LogP contribution in [0.5, 0.6) is 0 Å². The summed E-state index contributed by atoms with van der Waals surface area (Å²) in [6.45, 7) is 4.60. The summed E-state index contributed by atoms with van der Waals surface area (Å²) in [6.07, 6.45) is 6.74. The molecule has 0 spiro atoms. The van der Waals surface area contributed by atoms with E-state index in [0.717, 1.165) is 27.9 Å². The lowest BCUT2D eigenvalue weighted by molar-refractivity contribution is -0.129. The number of hydrogen-bond acceptors (Lipinski definition) is 3. The van der Waals surface area contributed by atoms with Gasteiger partial charge in [0.05, 0.1) is 19.3 Å². The lowest BCUT2D eigenvalue weighted by Gasteiger charge is -2.16. The summed E-state index contributed by atoms with van der Waals surface area (Å²) in [5.74, 6) is -0.481. The van der Waals surface area contributed by atoms with Crippen LogP contribution < -0.4 is 5.32 Å². The minimum absolute atomic E-state index is 0.0240. The number of aromatic nitrogens is 2. The zero-order chi connectivity index (χ0) is 21.5. The van der Waals surface area contributed by atoms with Crippen molar-refractivity contribution in [3.8, 4) is 0 Å². The Labute approximate surface area is 176 Å². The standard InChI is InChI=1S/C24H26N4O2/c1-18-8-7-11-22(19(18)2)26-23(29)17-27(3)24(30)13-12-21-14-25-28(16-21)15-20-9-5-4-6-10-20/h4-14,16H,15,17H2,1-3H3,(H,26,29)/b13-12+. The van der Waals surface area contributed by atoms with Crippen molar-refractivity contribution in [3.63, 3.8) is 0 Å². The summed E-state index contributed by atoms with van der Waals surface area (Å²) in [4.78, 5) is 26.0. The minimum atomic E-state index is -0.248. The smallest absolute Gasteiger partial charge is 0.246 e. The van der Waals surface area contributed by atoms with E-state index in [-0.39, 0.29) is 18.4 Å². The number of rotatable bonds is 7. The van der Waals surface area contributed by atoms with E-state index in [1.54, 1.807) is 19.3 Å². The minimum Gasteiger partial charge on any atom is -0.333 e. The van der Waals surface area contributed by atoms with E-state index in [4.69, 9.17) is 0 Å². The van der Waals surface area contributed by atoms with Crippen molar-refractivity contribution in [3.05, 3.63) is 89.3 Å². The molecule has 1 aromatic heterocycles. The van der Waals surface area contributed by atoms with Crippen molar-refractivity contribution in [2.24, 2.45) is 0 Å². The van der Waals surface area contributed by atoms with E-state index in [2.05, 4.69) is 10.4 Å². The van der Waals surface area contributed by atoms with Crippen molar-refractivity contribution >= 4 is 23.6 Å². The molecule has 0 saturated carbocycles. The number of carbonyl (C=O) groups excluding carboxylic acids is 2. The number of anilines is 1. The number of benzene rings is 2. The van der Waals surface area contributed by atoms with Gasteiger partial charge in [-0.05, 0) is 42.7 Å². The maximum absolute atomic E-state index is 12.4. The van der Waals surface area contributed by atoms with Gasteiger partial charge in [0.15, 0.2) is 0 Å². The molecule has 2 amide bonds. The zero-order valence-electron chi connectivity index (χ0n) is 17.5. The van der Waals surface area contributed by atoms with Crippen LogP contribution in [0.25, 0.3) is 6.08 Å². The third-order valence-corrected chi connectivity index (χ3v) is 4.89. The Kier molecular flexibility index (Phi) is 6.80. The zero-order valence-corrected chi connectivity index (χ0v) is 17.5. The number of likely N-dealkylation sites (N-methyl/N-ethyl adjacent to an activating group) is 1. The Morgan fingerprint density at radius 2 is 1.87 bits per heavy atom. The molecule has 0 bridgehead atoms. The molecule has 0 atom stereocenters. The van der Waals surface area contributed by atoms with Gasteiger partial charge in [0.25, 0.3) is 0 Å². The molecule has 0 aliphatic carbocycles. The van der Waals surface area contributed by atoms with E-state index in [9.17, 15) is 9.59 Å². The Bertz CT molecular complexity index is 1050. The first-order chi connectivity index (χ1) is 14.4. The highest BCUT2D eigenvalue weighted by molar-refractivity contribution is 5.98. The number of amides is 2. The highest BCUT2D eigenvalue weighted by Crippen LogP contribution is 2.17. The van der Waals surface area contributed by atoms with Crippen molar-refractivity contribution in [1.82, 2.24) is 14.7 Å². The largest absolute Gasteiger partial charge is 0.333 e. The normalized spacial score (nSPS) is 10.9. The first-order valence-electron chi connectivity index (χ1n) is 9.78. The summed E-state index contributed by atoms with van der Waals surface area (Å²) in [6, 6.07) is 15.8. The van der Waals surface area contributed by atoms with Gasteiger partial charge in [-0.2, -0.15) is 5.10 Å². The fraction of sp³-hybridized carbons (Fsp3) is 0.208. The van der Waals surface area contributed by atoms with Gasteiger partial charge in [-0.3, -0.25) is 14.3 Å². The van der Waals surface area contributed by atoms with Crippen LogP contribution in [0.3, 0.4) is 0 Å². The van der Waals surface area contributed by atoms with Crippen LogP contribution in [0.4, 0.5) is 5.69 Å². The molecule has 1 heterocycles. The van der Waals surface area contributed by atoms with E-state index in [1.165, 1.54) is 11.0 Å². The van der Waals surface area contributed by atoms with Gasteiger partial charge < -0.3 is 10.2 Å². The molecule has 0 fully saturated rings. The second-order valence-electron chi connectivity index (χ2n) is 7.28. The van der Waals surface area contributed by atoms with Crippen LogP contribution in [-0.2, 0) is 16.1 Å². The van der Waals surface area contributed by atoms with Crippen LogP contribution in [0.1, 0.15) is 22.3 Å². The average Bonchev–Trinajstić information content (AvgIpc) is 3.17. The summed E-state index contributed by atoms with van der Waals surface area (Å²) in [5.41, 5.74) is 4.87. The molecular formula is C24H26N4O2. The van der Waals surface area contributed by atoms with E-state index in [1.807, 2.05) is 73.3 Å². The number of aryl methyl sites for hydroxylation is 1. The van der Waals surface area contributed by atoms with Gasteiger partial charge in [0.2, 0.25) is 11.8 Å². The molecule has 6 nitrogen and oxygen atoms in total. The third-order valence-electron chi connectivity index (χ3n) is 4.89. The van der Waals surface area contributed by atoms with Crippen molar-refractivity contribution in [2.75, 3.05) is 18.9 Å². The fourth-order valence-corrected chi connectivity index (χ4v) is 2.99. The Morgan fingerprint density at radius 1 is 1.10 bits per heavy atom. The lowest BCUT2D eigenvalue weighted by atomic mass is 10.1. The van der Waals surface area contributed by atoms with E-state index < -0.39 is 0 Å². The summed E-state index contributed by atoms with van der Waals surface area (Å²) in [7, 11) is 1.61. The molecule has 3 rings (SSSR count). The van der Waals surface area contributed by atoms with E-state index in [0.29, 0.717) is 6.54 Å². The molecule has 6 heteroatoms. The van der Waals surface area contributed by atoms with Gasteiger partial charge in [-0.25, -0.2) is 0 Å². The Hall–Kier alpha value is -3.67. The summed E-state index contributed by atoms with van der Waals surface area (Å²) >= 11 is 0. The van der Waals surface area contributed by atoms with Crippen LogP contribution in [0, 0.1) is 13.8 Å². The first kappa shape index (κ1) is 21.0. The topological polar surface area (TPSA) is 67.2 Å². The van der Waals surface area contributed by atoms with Crippen molar-refractivity contribution in [1.29, 1.82) is 0 Å². The molecule has 2 aromatic carbocycles. The van der Waals surface area contributed by atoms with Crippen molar-refractivity contribution < 1.29 is 9.59 Å². The second-order valence-corrected chi connectivity index (χ2v) is 7.28. The van der Waals surface area contributed by atoms with Gasteiger partial charge in [-0.1, -0.05) is 42.5 Å². The second kappa shape index (κ2) is 9.69. The molecule has 154 valence electrons. The predicted molar refractivity (Wildman–Crippen MR) is 119 cm³/mol. The number of nitrogens with one attached hydrogen (secondary N) is 1. The monoisotopic (exact) mass is 402 g/mol. The fourth-order valence-electron chi connectivity index (χ4n) is 2.99. The highest BCUT2D eigenvalue weighted by Gasteiger charge is 2.12. The number of hydrogen-bond donors (Lipinski definition) is 1. The van der Waals surface area contributed by atoms with Crippen LogP contribution in [0.15, 0.2) is 67.0 Å². The molecule has 3 aromatic rings. The van der Waals surface area contributed by atoms with Gasteiger partial charge in [0.1, 0.15) is 0 Å². The molecule has 0 radical (unpaired) electrons. The molecule has 0 unspecified atom stereocenters. The third kappa shape index (κ3) is 5.67. The maximum Gasteiger partial charge on any atom is 0.246 e. The highest BCUT2D eigenvalue weighted by atomic mass is 16.2. The van der Waals surface area contributed by atoms with Gasteiger partial charge in [0, 0.05) is 30.6 Å². The maximum atomic E-state index is 12.4.